The van der Waals surface area contributed by atoms with Crippen molar-refractivity contribution in [1.82, 2.24) is 10.2 Å². The zero-order valence-electron chi connectivity index (χ0n) is 13.0. The highest BCUT2D eigenvalue weighted by Crippen LogP contribution is 2.23. The summed E-state index contributed by atoms with van der Waals surface area (Å²) >= 11 is 0. The molecule has 1 aromatic carbocycles. The van der Waals surface area contributed by atoms with Crippen LogP contribution in [-0.4, -0.2) is 35.5 Å². The Balaban J connectivity index is 1.98. The Bertz CT molecular complexity index is 550. The maximum Gasteiger partial charge on any atom is 0.325 e. The largest absolute Gasteiger partial charge is 0.491 e. The van der Waals surface area contributed by atoms with Crippen LogP contribution in [0.5, 0.6) is 5.75 Å². The monoisotopic (exact) mass is 290 g/mol. The van der Waals surface area contributed by atoms with Gasteiger partial charge in [0.15, 0.2) is 0 Å². The highest BCUT2D eigenvalue weighted by Gasteiger charge is 2.46. The van der Waals surface area contributed by atoms with Crippen LogP contribution in [-0.2, 0) is 4.79 Å². The van der Waals surface area contributed by atoms with Gasteiger partial charge in [-0.2, -0.15) is 0 Å². The number of ether oxygens (including phenoxy) is 1. The van der Waals surface area contributed by atoms with Gasteiger partial charge in [-0.1, -0.05) is 25.1 Å². The van der Waals surface area contributed by atoms with Gasteiger partial charge in [0.1, 0.15) is 17.9 Å². The maximum atomic E-state index is 12.2. The van der Waals surface area contributed by atoms with E-state index < -0.39 is 5.54 Å². The van der Waals surface area contributed by atoms with Crippen LogP contribution in [0, 0.1) is 13.8 Å². The van der Waals surface area contributed by atoms with Gasteiger partial charge in [0.25, 0.3) is 5.91 Å². The van der Waals surface area contributed by atoms with Gasteiger partial charge in [0, 0.05) is 0 Å². The van der Waals surface area contributed by atoms with E-state index in [4.69, 9.17) is 4.74 Å². The van der Waals surface area contributed by atoms with Crippen LogP contribution in [0.15, 0.2) is 18.2 Å². The number of para-hydroxylation sites is 1. The predicted octanol–water partition coefficient (Wildman–Crippen LogP) is 2.40. The number of benzene rings is 1. The summed E-state index contributed by atoms with van der Waals surface area (Å²) in [6.07, 6.45) is 0.575. The second-order valence-corrected chi connectivity index (χ2v) is 5.64. The van der Waals surface area contributed by atoms with E-state index in [0.29, 0.717) is 13.0 Å². The molecule has 1 aliphatic heterocycles. The average molecular weight is 290 g/mol. The molecule has 1 aromatic rings. The second-order valence-electron chi connectivity index (χ2n) is 5.64. The molecule has 1 aliphatic rings. The number of nitrogens with one attached hydrogen (secondary N) is 1. The first-order chi connectivity index (χ1) is 9.89. The van der Waals surface area contributed by atoms with Crippen molar-refractivity contribution in [1.29, 1.82) is 0 Å². The summed E-state index contributed by atoms with van der Waals surface area (Å²) in [6.45, 7) is 8.14. The molecule has 0 bridgehead atoms. The molecule has 0 spiro atoms. The van der Waals surface area contributed by atoms with E-state index in [-0.39, 0.29) is 18.5 Å². The van der Waals surface area contributed by atoms with Gasteiger partial charge in [-0.05, 0) is 38.3 Å². The van der Waals surface area contributed by atoms with Gasteiger partial charge in [-0.15, -0.1) is 0 Å². The van der Waals surface area contributed by atoms with Crippen LogP contribution in [0.25, 0.3) is 0 Å². The Morgan fingerprint density at radius 2 is 1.86 bits per heavy atom. The van der Waals surface area contributed by atoms with E-state index in [9.17, 15) is 9.59 Å². The van der Waals surface area contributed by atoms with Crippen LogP contribution < -0.4 is 10.1 Å². The number of carbonyl (C=O) groups excluding carboxylic acids is 2. The lowest BCUT2D eigenvalue weighted by Gasteiger charge is -2.19. The Labute approximate surface area is 125 Å². The van der Waals surface area contributed by atoms with E-state index in [1.165, 1.54) is 4.90 Å². The second kappa shape index (κ2) is 5.76. The Morgan fingerprint density at radius 1 is 1.24 bits per heavy atom. The lowest BCUT2D eigenvalue weighted by atomic mass is 9.99. The third-order valence-corrected chi connectivity index (χ3v) is 4.02. The van der Waals surface area contributed by atoms with Crippen molar-refractivity contribution in [3.8, 4) is 5.75 Å². The maximum absolute atomic E-state index is 12.2. The first kappa shape index (κ1) is 15.4. The van der Waals surface area contributed by atoms with Crippen LogP contribution in [0.3, 0.4) is 0 Å². The number of rotatable bonds is 5. The van der Waals surface area contributed by atoms with Gasteiger partial charge in [-0.3, -0.25) is 9.69 Å². The minimum atomic E-state index is -0.782. The minimum absolute atomic E-state index is 0.180. The van der Waals surface area contributed by atoms with Gasteiger partial charge in [-0.25, -0.2) is 4.79 Å². The molecule has 3 amide bonds. The fourth-order valence-electron chi connectivity index (χ4n) is 2.46. The normalized spacial score (nSPS) is 21.6. The van der Waals surface area contributed by atoms with Crippen LogP contribution in [0.4, 0.5) is 4.79 Å². The molecule has 0 saturated carbocycles. The summed E-state index contributed by atoms with van der Waals surface area (Å²) < 4.78 is 5.75. The molecule has 5 heteroatoms. The molecule has 0 aliphatic carbocycles. The number of aryl methyl sites for hydroxylation is 2. The van der Waals surface area contributed by atoms with Crippen LogP contribution in [0.2, 0.25) is 0 Å². The van der Waals surface area contributed by atoms with Crippen molar-refractivity contribution < 1.29 is 14.3 Å². The van der Waals surface area contributed by atoms with Crippen LogP contribution in [0.1, 0.15) is 31.4 Å². The van der Waals surface area contributed by atoms with Crippen LogP contribution >= 0.6 is 0 Å². The van der Waals surface area contributed by atoms with E-state index in [0.717, 1.165) is 16.9 Å². The molecular weight excluding hydrogens is 268 g/mol. The minimum Gasteiger partial charge on any atom is -0.491 e. The van der Waals surface area contributed by atoms with Crippen molar-refractivity contribution in [3.63, 3.8) is 0 Å². The highest BCUT2D eigenvalue weighted by molar-refractivity contribution is 6.06. The molecular formula is C16H22N2O3. The third kappa shape index (κ3) is 2.86. The smallest absolute Gasteiger partial charge is 0.325 e. The molecule has 1 fully saturated rings. The number of carbonyl (C=O) groups is 2. The molecule has 114 valence electrons. The van der Waals surface area contributed by atoms with E-state index in [2.05, 4.69) is 5.32 Å². The van der Waals surface area contributed by atoms with Crippen molar-refractivity contribution in [3.05, 3.63) is 29.3 Å². The molecule has 0 aromatic heterocycles. The van der Waals surface area contributed by atoms with Gasteiger partial charge < -0.3 is 10.1 Å². The number of hydrogen-bond donors (Lipinski definition) is 1. The summed E-state index contributed by atoms with van der Waals surface area (Å²) in [7, 11) is 0. The Kier molecular flexibility index (Phi) is 4.21. The zero-order chi connectivity index (χ0) is 15.6. The fraction of sp³-hybridized carbons (Fsp3) is 0.500. The lowest BCUT2D eigenvalue weighted by molar-refractivity contribution is -0.131. The molecule has 1 atom stereocenters. The number of hydrogen-bond acceptors (Lipinski definition) is 3. The standard InChI is InChI=1S/C16H22N2O3/c1-5-16(4)14(19)18(15(20)17-16)9-10-21-13-11(2)7-6-8-12(13)3/h6-8H,5,9-10H2,1-4H3,(H,17,20)/t16-/m0/s1. The molecule has 0 unspecified atom stereocenters. The molecule has 5 nitrogen and oxygen atoms in total. The molecule has 0 radical (unpaired) electrons. The van der Waals surface area contributed by atoms with Crippen molar-refractivity contribution in [2.24, 2.45) is 0 Å². The van der Waals surface area contributed by atoms with Gasteiger partial charge >= 0.3 is 6.03 Å². The summed E-state index contributed by atoms with van der Waals surface area (Å²) in [6, 6.07) is 5.59. The first-order valence-corrected chi connectivity index (χ1v) is 7.22. The average Bonchev–Trinajstić information content (AvgIpc) is 2.65. The van der Waals surface area contributed by atoms with E-state index >= 15 is 0 Å². The van der Waals surface area contributed by atoms with Gasteiger partial charge in [0.05, 0.1) is 6.54 Å². The number of urea groups is 1. The Morgan fingerprint density at radius 3 is 2.38 bits per heavy atom. The van der Waals surface area contributed by atoms with Gasteiger partial charge in [0.2, 0.25) is 0 Å². The molecule has 1 N–H and O–H groups in total. The third-order valence-electron chi connectivity index (χ3n) is 4.02. The first-order valence-electron chi connectivity index (χ1n) is 7.22. The number of imide groups is 1. The quantitative estimate of drug-likeness (QED) is 0.847. The SMILES string of the molecule is CC[C@]1(C)NC(=O)N(CCOc2c(C)cccc2C)C1=O. The molecule has 1 saturated heterocycles. The zero-order valence-corrected chi connectivity index (χ0v) is 13.0. The molecule has 21 heavy (non-hydrogen) atoms. The topological polar surface area (TPSA) is 58.6 Å². The molecule has 2 rings (SSSR count). The number of nitrogens with zero attached hydrogens (tertiary/aromatic N) is 1. The summed E-state index contributed by atoms with van der Waals surface area (Å²) in [4.78, 5) is 25.3. The summed E-state index contributed by atoms with van der Waals surface area (Å²) in [5.74, 6) is 0.642. The Hall–Kier alpha value is -2.04. The highest BCUT2D eigenvalue weighted by atomic mass is 16.5. The van der Waals surface area contributed by atoms with Crippen molar-refractivity contribution >= 4 is 11.9 Å². The van der Waals surface area contributed by atoms with Crippen molar-refractivity contribution in [2.45, 2.75) is 39.7 Å². The van der Waals surface area contributed by atoms with E-state index in [1.54, 1.807) is 6.92 Å². The summed E-state index contributed by atoms with van der Waals surface area (Å²) in [5, 5.41) is 2.73. The fourth-order valence-corrected chi connectivity index (χ4v) is 2.46. The predicted molar refractivity (Wildman–Crippen MR) is 80.4 cm³/mol. The van der Waals surface area contributed by atoms with E-state index in [1.807, 2.05) is 39.0 Å². The number of amides is 3. The van der Waals surface area contributed by atoms with Crippen molar-refractivity contribution in [2.75, 3.05) is 13.2 Å². The summed E-state index contributed by atoms with van der Waals surface area (Å²) in [5.41, 5.74) is 1.31. The molecule has 1 heterocycles. The lowest BCUT2D eigenvalue weighted by Crippen LogP contribution is -2.43.